The third-order valence-electron chi connectivity index (χ3n) is 3.95. The van der Waals surface area contributed by atoms with Gasteiger partial charge < -0.3 is 4.74 Å². The van der Waals surface area contributed by atoms with E-state index in [2.05, 4.69) is 4.72 Å². The molecule has 24 heavy (non-hydrogen) atoms. The van der Waals surface area contributed by atoms with E-state index < -0.39 is 21.4 Å². The van der Waals surface area contributed by atoms with E-state index >= 15 is 0 Å². The molecule has 0 atom stereocenters. The van der Waals surface area contributed by atoms with Crippen LogP contribution < -0.4 is 9.46 Å². The van der Waals surface area contributed by atoms with Crippen LogP contribution in [0.5, 0.6) is 5.75 Å². The van der Waals surface area contributed by atoms with Gasteiger partial charge in [-0.15, -0.1) is 0 Å². The summed E-state index contributed by atoms with van der Waals surface area (Å²) in [6, 6.07) is 4.50. The largest absolute Gasteiger partial charge is 0.490 e. The number of nitrogens with one attached hydrogen (secondary N) is 1. The molecule has 6 heteroatoms. The number of halogens is 1. The Morgan fingerprint density at radius 1 is 1.33 bits per heavy atom. The zero-order valence-electron chi connectivity index (χ0n) is 14.5. The number of ether oxygens (including phenoxy) is 1. The summed E-state index contributed by atoms with van der Waals surface area (Å²) in [4.78, 5) is 0. The van der Waals surface area contributed by atoms with Crippen LogP contribution >= 0.6 is 0 Å². The first kappa shape index (κ1) is 18.9. The number of benzene rings is 1. The van der Waals surface area contributed by atoms with E-state index in [9.17, 15) is 12.8 Å². The van der Waals surface area contributed by atoms with Crippen molar-refractivity contribution in [1.82, 2.24) is 4.72 Å². The summed E-state index contributed by atoms with van der Waals surface area (Å²) < 4.78 is 46.5. The molecule has 1 saturated carbocycles. The minimum absolute atomic E-state index is 0.0729. The molecule has 1 aromatic carbocycles. The van der Waals surface area contributed by atoms with Gasteiger partial charge in [0.15, 0.2) is 11.6 Å². The van der Waals surface area contributed by atoms with Gasteiger partial charge in [0.2, 0.25) is 10.0 Å². The summed E-state index contributed by atoms with van der Waals surface area (Å²) in [5.74, 6) is 0.197. The Labute approximate surface area is 144 Å². The number of rotatable bonds is 9. The van der Waals surface area contributed by atoms with E-state index in [1.54, 1.807) is 32.1 Å². The Hall–Kier alpha value is -1.40. The highest BCUT2D eigenvalue weighted by Crippen LogP contribution is 2.32. The summed E-state index contributed by atoms with van der Waals surface area (Å²) in [6.45, 7) is 5.97. The minimum atomic E-state index is -3.47. The Bertz CT molecular complexity index is 694. The quantitative estimate of drug-likeness (QED) is 0.687. The summed E-state index contributed by atoms with van der Waals surface area (Å²) in [6.07, 6.45) is 6.48. The van der Waals surface area contributed by atoms with Crippen molar-refractivity contribution in [2.45, 2.75) is 45.6 Å². The van der Waals surface area contributed by atoms with E-state index in [1.165, 1.54) is 6.07 Å². The van der Waals surface area contributed by atoms with Crippen LogP contribution in [0.2, 0.25) is 0 Å². The third kappa shape index (κ3) is 5.60. The van der Waals surface area contributed by atoms with Gasteiger partial charge in [-0.25, -0.2) is 17.5 Å². The fourth-order valence-corrected chi connectivity index (χ4v) is 3.71. The molecule has 0 aliphatic heterocycles. The second-order valence-corrected chi connectivity index (χ2v) is 8.55. The second kappa shape index (κ2) is 7.66. The SMILES string of the molecule is CC/C=C/CS(=O)(=O)NC(C)(C)c1ccc(F)c(OCC2CC2)c1. The van der Waals surface area contributed by atoms with Crippen LogP contribution in [0.25, 0.3) is 0 Å². The van der Waals surface area contributed by atoms with Crippen molar-refractivity contribution < 1.29 is 17.5 Å². The molecule has 0 unspecified atom stereocenters. The van der Waals surface area contributed by atoms with Gasteiger partial charge in [0.1, 0.15) is 0 Å². The molecule has 1 fully saturated rings. The Balaban J connectivity index is 2.12. The molecule has 0 spiro atoms. The molecule has 1 aliphatic carbocycles. The highest BCUT2D eigenvalue weighted by atomic mass is 32.2. The van der Waals surface area contributed by atoms with E-state index in [0.29, 0.717) is 18.1 Å². The maximum atomic E-state index is 13.9. The monoisotopic (exact) mass is 355 g/mol. The topological polar surface area (TPSA) is 55.4 Å². The van der Waals surface area contributed by atoms with E-state index in [1.807, 2.05) is 13.0 Å². The van der Waals surface area contributed by atoms with Crippen LogP contribution in [0.3, 0.4) is 0 Å². The van der Waals surface area contributed by atoms with E-state index in [4.69, 9.17) is 4.74 Å². The normalized spacial score (nSPS) is 15.8. The molecule has 0 bridgehead atoms. The van der Waals surface area contributed by atoms with Crippen LogP contribution in [0.15, 0.2) is 30.4 Å². The van der Waals surface area contributed by atoms with Crippen molar-refractivity contribution in [2.24, 2.45) is 5.92 Å². The molecule has 1 aromatic rings. The smallest absolute Gasteiger partial charge is 0.215 e. The first-order valence-electron chi connectivity index (χ1n) is 8.33. The lowest BCUT2D eigenvalue weighted by molar-refractivity contribution is 0.284. The number of hydrogen-bond donors (Lipinski definition) is 1. The zero-order valence-corrected chi connectivity index (χ0v) is 15.3. The highest BCUT2D eigenvalue weighted by Gasteiger charge is 2.28. The molecule has 2 rings (SSSR count). The van der Waals surface area contributed by atoms with Crippen LogP contribution in [0, 0.1) is 11.7 Å². The summed E-state index contributed by atoms with van der Waals surface area (Å²) >= 11 is 0. The van der Waals surface area contributed by atoms with Gasteiger partial charge in [-0.1, -0.05) is 25.1 Å². The fourth-order valence-electron chi connectivity index (χ4n) is 2.35. The van der Waals surface area contributed by atoms with Crippen molar-refractivity contribution >= 4 is 10.0 Å². The van der Waals surface area contributed by atoms with E-state index in [-0.39, 0.29) is 11.5 Å². The zero-order chi connectivity index (χ0) is 17.8. The molecule has 0 saturated heterocycles. The number of allylic oxidation sites excluding steroid dienone is 1. The molecule has 1 aliphatic rings. The maximum absolute atomic E-state index is 13.9. The van der Waals surface area contributed by atoms with Crippen molar-refractivity contribution in [3.63, 3.8) is 0 Å². The summed E-state index contributed by atoms with van der Waals surface area (Å²) in [5, 5.41) is 0. The Kier molecular flexibility index (Phi) is 6.04. The highest BCUT2D eigenvalue weighted by molar-refractivity contribution is 7.89. The van der Waals surface area contributed by atoms with Gasteiger partial charge in [-0.2, -0.15) is 0 Å². The summed E-state index contributed by atoms with van der Waals surface area (Å²) in [5.41, 5.74) is -0.192. The van der Waals surface area contributed by atoms with Crippen molar-refractivity contribution in [1.29, 1.82) is 0 Å². The second-order valence-electron chi connectivity index (χ2n) is 6.79. The van der Waals surface area contributed by atoms with Crippen LogP contribution in [0.4, 0.5) is 4.39 Å². The minimum Gasteiger partial charge on any atom is -0.490 e. The van der Waals surface area contributed by atoms with Gasteiger partial charge in [0.05, 0.1) is 17.9 Å². The average molecular weight is 355 g/mol. The van der Waals surface area contributed by atoms with Crippen molar-refractivity contribution in [3.8, 4) is 5.75 Å². The number of sulfonamides is 1. The average Bonchev–Trinajstić information content (AvgIpc) is 3.29. The Morgan fingerprint density at radius 3 is 2.67 bits per heavy atom. The first-order valence-corrected chi connectivity index (χ1v) is 9.98. The Morgan fingerprint density at radius 2 is 2.04 bits per heavy atom. The molecule has 4 nitrogen and oxygen atoms in total. The van der Waals surface area contributed by atoms with Gasteiger partial charge in [0, 0.05) is 0 Å². The summed E-state index contributed by atoms with van der Waals surface area (Å²) in [7, 11) is -3.47. The van der Waals surface area contributed by atoms with Crippen LogP contribution in [-0.4, -0.2) is 20.8 Å². The maximum Gasteiger partial charge on any atom is 0.215 e. The lowest BCUT2D eigenvalue weighted by atomic mass is 9.95. The molecule has 0 radical (unpaired) electrons. The molecule has 0 amide bonds. The van der Waals surface area contributed by atoms with Crippen molar-refractivity contribution in [2.75, 3.05) is 12.4 Å². The molecular formula is C18H26FNO3S. The van der Waals surface area contributed by atoms with E-state index in [0.717, 1.165) is 19.3 Å². The molecular weight excluding hydrogens is 329 g/mol. The van der Waals surface area contributed by atoms with Crippen LogP contribution in [0.1, 0.15) is 45.6 Å². The predicted octanol–water partition coefficient (Wildman–Crippen LogP) is 3.74. The number of hydrogen-bond acceptors (Lipinski definition) is 3. The van der Waals surface area contributed by atoms with Gasteiger partial charge >= 0.3 is 0 Å². The first-order chi connectivity index (χ1) is 11.2. The lowest BCUT2D eigenvalue weighted by Crippen LogP contribution is -2.41. The molecule has 134 valence electrons. The van der Waals surface area contributed by atoms with Crippen molar-refractivity contribution in [3.05, 3.63) is 41.7 Å². The third-order valence-corrected chi connectivity index (χ3v) is 5.41. The predicted molar refractivity (Wildman–Crippen MR) is 94.0 cm³/mol. The fraction of sp³-hybridized carbons (Fsp3) is 0.556. The molecule has 0 aromatic heterocycles. The van der Waals surface area contributed by atoms with Gasteiger partial charge in [0.25, 0.3) is 0 Å². The van der Waals surface area contributed by atoms with Gasteiger partial charge in [-0.05, 0) is 56.7 Å². The van der Waals surface area contributed by atoms with Gasteiger partial charge in [-0.3, -0.25) is 0 Å². The molecule has 0 heterocycles. The lowest BCUT2D eigenvalue weighted by Gasteiger charge is -2.27. The standard InChI is InChI=1S/C18H26FNO3S/c1-4-5-6-11-24(21,22)20-18(2,3)15-9-10-16(19)17(12-15)23-13-14-7-8-14/h5-6,9-10,12,14,20H,4,7-8,11,13H2,1-3H3/b6-5+. The molecule has 1 N–H and O–H groups in total. The van der Waals surface area contributed by atoms with Crippen LogP contribution in [-0.2, 0) is 15.6 Å².